The van der Waals surface area contributed by atoms with Crippen LogP contribution in [-0.2, 0) is 35.6 Å². The summed E-state index contributed by atoms with van der Waals surface area (Å²) >= 11 is 0. The van der Waals surface area contributed by atoms with Gasteiger partial charge >= 0.3 is 11.9 Å². The molecule has 2 rings (SSSR count). The first-order chi connectivity index (χ1) is 13.8. The molecule has 156 valence electrons. The number of methoxy groups -OCH3 is 4. The molecule has 0 aliphatic heterocycles. The summed E-state index contributed by atoms with van der Waals surface area (Å²) in [6, 6.07) is 11.1. The molecule has 0 saturated carbocycles. The van der Waals surface area contributed by atoms with Gasteiger partial charge in [-0.15, -0.1) is 0 Å². The molecule has 0 aromatic heterocycles. The fourth-order valence-electron chi connectivity index (χ4n) is 2.84. The van der Waals surface area contributed by atoms with Crippen molar-refractivity contribution < 1.29 is 33.5 Å². The number of hydrogen-bond acceptors (Lipinski definition) is 9. The molecule has 0 radical (unpaired) electrons. The van der Waals surface area contributed by atoms with Gasteiger partial charge in [0, 0.05) is 40.6 Å². The molecule has 11 nitrogen and oxygen atoms in total. The number of para-hydroxylation sites is 2. The highest BCUT2D eigenvalue weighted by molar-refractivity contribution is 5.44. The standard InChI is InChI=1S/C18H20N2O9/c1-25-17(26-2,13-9-5-7-11-15(13)19(21)22)29-18(27-3,28-4)14-10-6-8-12-16(14)20(23)24/h5-12H,1-4H3. The summed E-state index contributed by atoms with van der Waals surface area (Å²) in [6.07, 6.45) is 0. The van der Waals surface area contributed by atoms with E-state index in [4.69, 9.17) is 23.7 Å². The van der Waals surface area contributed by atoms with Crippen molar-refractivity contribution in [2.45, 2.75) is 11.9 Å². The molecular formula is C18H20N2O9. The molecule has 0 bridgehead atoms. The highest BCUT2D eigenvalue weighted by atomic mass is 17.0. The van der Waals surface area contributed by atoms with E-state index in [1.165, 1.54) is 77.0 Å². The van der Waals surface area contributed by atoms with Crippen LogP contribution in [0.2, 0.25) is 0 Å². The van der Waals surface area contributed by atoms with Crippen LogP contribution in [0.3, 0.4) is 0 Å². The molecule has 0 amide bonds. The first-order valence-electron chi connectivity index (χ1n) is 8.19. The molecule has 0 aliphatic carbocycles. The Bertz CT molecular complexity index is 808. The van der Waals surface area contributed by atoms with Gasteiger partial charge in [0.05, 0.1) is 9.85 Å². The molecule has 0 heterocycles. The van der Waals surface area contributed by atoms with Crippen LogP contribution < -0.4 is 0 Å². The number of nitrogens with zero attached hydrogens (tertiary/aromatic N) is 2. The van der Waals surface area contributed by atoms with Crippen molar-refractivity contribution in [2.75, 3.05) is 28.4 Å². The van der Waals surface area contributed by atoms with E-state index in [-0.39, 0.29) is 22.5 Å². The topological polar surface area (TPSA) is 132 Å². The van der Waals surface area contributed by atoms with E-state index < -0.39 is 21.8 Å². The molecule has 0 atom stereocenters. The Morgan fingerprint density at radius 1 is 0.655 bits per heavy atom. The summed E-state index contributed by atoms with van der Waals surface area (Å²) in [7, 11) is 4.76. The van der Waals surface area contributed by atoms with Gasteiger partial charge in [-0.25, -0.2) is 0 Å². The lowest BCUT2D eigenvalue weighted by molar-refractivity contribution is -0.511. The molecule has 29 heavy (non-hydrogen) atoms. The van der Waals surface area contributed by atoms with Crippen molar-refractivity contribution >= 4 is 11.4 Å². The number of nitro benzene ring substituents is 2. The number of benzene rings is 2. The molecular weight excluding hydrogens is 388 g/mol. The van der Waals surface area contributed by atoms with Crippen molar-refractivity contribution in [3.05, 3.63) is 79.9 Å². The zero-order chi connectivity index (χ0) is 21.7. The predicted molar refractivity (Wildman–Crippen MR) is 98.7 cm³/mol. The molecule has 0 fully saturated rings. The largest absolute Gasteiger partial charge is 0.327 e. The van der Waals surface area contributed by atoms with Gasteiger partial charge < -0.3 is 18.9 Å². The van der Waals surface area contributed by atoms with Gasteiger partial charge in [0.2, 0.25) is 0 Å². The van der Waals surface area contributed by atoms with Crippen LogP contribution >= 0.6 is 0 Å². The van der Waals surface area contributed by atoms with Crippen molar-refractivity contribution in [1.29, 1.82) is 0 Å². The summed E-state index contributed by atoms with van der Waals surface area (Å²) in [5.41, 5.74) is -0.932. The van der Waals surface area contributed by atoms with Crippen LogP contribution in [-0.4, -0.2) is 38.3 Å². The van der Waals surface area contributed by atoms with E-state index in [2.05, 4.69) is 0 Å². The number of nitro groups is 2. The zero-order valence-corrected chi connectivity index (χ0v) is 16.2. The lowest BCUT2D eigenvalue weighted by Crippen LogP contribution is -2.46. The third-order valence-corrected chi connectivity index (χ3v) is 4.20. The van der Waals surface area contributed by atoms with Crippen LogP contribution in [0.5, 0.6) is 0 Å². The molecule has 0 saturated heterocycles. The summed E-state index contributed by atoms with van der Waals surface area (Å²) in [5.74, 6) is -4.39. The monoisotopic (exact) mass is 408 g/mol. The predicted octanol–water partition coefficient (Wildman–Crippen LogP) is 3.03. The van der Waals surface area contributed by atoms with Crippen LogP contribution in [0.1, 0.15) is 11.1 Å². The van der Waals surface area contributed by atoms with Crippen molar-refractivity contribution in [3.63, 3.8) is 0 Å². The first-order valence-corrected chi connectivity index (χ1v) is 8.19. The van der Waals surface area contributed by atoms with Gasteiger partial charge in [0.1, 0.15) is 11.1 Å². The Morgan fingerprint density at radius 2 is 0.966 bits per heavy atom. The van der Waals surface area contributed by atoms with Crippen molar-refractivity contribution in [3.8, 4) is 0 Å². The van der Waals surface area contributed by atoms with E-state index in [1.807, 2.05) is 0 Å². The summed E-state index contributed by atoms with van der Waals surface area (Å²) in [4.78, 5) is 21.7. The lowest BCUT2D eigenvalue weighted by Gasteiger charge is -2.39. The van der Waals surface area contributed by atoms with Gasteiger partial charge in [-0.05, 0) is 12.1 Å². The molecule has 0 aliphatic rings. The summed E-state index contributed by atoms with van der Waals surface area (Å²) in [6.45, 7) is 0. The maximum Gasteiger partial charge on any atom is 0.322 e. The average molecular weight is 408 g/mol. The van der Waals surface area contributed by atoms with E-state index >= 15 is 0 Å². The normalized spacial score (nSPS) is 12.0. The molecule has 0 N–H and O–H groups in total. The Labute approximate surface area is 166 Å². The van der Waals surface area contributed by atoms with E-state index in [0.29, 0.717) is 0 Å². The zero-order valence-electron chi connectivity index (χ0n) is 16.2. The second kappa shape index (κ2) is 9.03. The summed E-state index contributed by atoms with van der Waals surface area (Å²) in [5, 5.41) is 23.0. The Balaban J connectivity index is 2.72. The Morgan fingerprint density at radius 3 is 1.24 bits per heavy atom. The second-order valence-electron chi connectivity index (χ2n) is 5.58. The molecule has 0 spiro atoms. The Hall–Kier alpha value is -2.96. The van der Waals surface area contributed by atoms with Crippen LogP contribution in [0.4, 0.5) is 11.4 Å². The SMILES string of the molecule is COC(OC)(OC(OC)(OC)c1ccccc1[N+](=O)[O-])c1ccccc1[N+](=O)[O-]. The van der Waals surface area contributed by atoms with Gasteiger partial charge in [-0.3, -0.25) is 25.0 Å². The smallest absolute Gasteiger partial charge is 0.322 e. The van der Waals surface area contributed by atoms with Crippen molar-refractivity contribution in [1.82, 2.24) is 0 Å². The third-order valence-electron chi connectivity index (χ3n) is 4.20. The maximum absolute atomic E-state index is 11.5. The first kappa shape index (κ1) is 22.3. The minimum atomic E-state index is -2.20. The van der Waals surface area contributed by atoms with Crippen LogP contribution in [0, 0.1) is 20.2 Å². The maximum atomic E-state index is 11.5. The average Bonchev–Trinajstić information content (AvgIpc) is 2.75. The molecule has 11 heteroatoms. The Kier molecular flexibility index (Phi) is 6.95. The van der Waals surface area contributed by atoms with Crippen LogP contribution in [0.25, 0.3) is 0 Å². The highest BCUT2D eigenvalue weighted by Gasteiger charge is 2.51. The number of hydrogen-bond donors (Lipinski definition) is 0. The minimum absolute atomic E-state index is 0.105. The van der Waals surface area contributed by atoms with Gasteiger partial charge in [0.15, 0.2) is 0 Å². The molecule has 2 aromatic carbocycles. The van der Waals surface area contributed by atoms with Crippen molar-refractivity contribution in [2.24, 2.45) is 0 Å². The highest BCUT2D eigenvalue weighted by Crippen LogP contribution is 2.43. The third kappa shape index (κ3) is 4.09. The van der Waals surface area contributed by atoms with Gasteiger partial charge in [-0.2, -0.15) is 0 Å². The number of rotatable bonds is 10. The molecule has 2 aromatic rings. The van der Waals surface area contributed by atoms with E-state index in [9.17, 15) is 20.2 Å². The molecule has 0 unspecified atom stereocenters. The van der Waals surface area contributed by atoms with Gasteiger partial charge in [-0.1, -0.05) is 24.3 Å². The van der Waals surface area contributed by atoms with Crippen LogP contribution in [0.15, 0.2) is 48.5 Å². The minimum Gasteiger partial charge on any atom is -0.327 e. The fourth-order valence-corrected chi connectivity index (χ4v) is 2.84. The second-order valence-corrected chi connectivity index (χ2v) is 5.58. The van der Waals surface area contributed by atoms with E-state index in [0.717, 1.165) is 0 Å². The summed E-state index contributed by atoms with van der Waals surface area (Å²) < 4.78 is 27.3. The number of ether oxygens (including phenoxy) is 5. The van der Waals surface area contributed by atoms with Gasteiger partial charge in [0.25, 0.3) is 11.4 Å². The van der Waals surface area contributed by atoms with E-state index in [1.54, 1.807) is 0 Å². The quantitative estimate of drug-likeness (QED) is 0.330. The lowest BCUT2D eigenvalue weighted by atomic mass is 10.1. The fraction of sp³-hybridized carbons (Fsp3) is 0.333.